The molecule has 2 heterocycles. The molecule has 0 spiro atoms. The van der Waals surface area contributed by atoms with E-state index < -0.39 is 0 Å². The van der Waals surface area contributed by atoms with Crippen LogP contribution in [-0.2, 0) is 17.8 Å². The summed E-state index contributed by atoms with van der Waals surface area (Å²) in [4.78, 5) is 0. The van der Waals surface area contributed by atoms with Gasteiger partial charge in [-0.3, -0.25) is 0 Å². The number of aromatic nitrogens is 1. The molecule has 1 N–H and O–H groups in total. The summed E-state index contributed by atoms with van der Waals surface area (Å²) in [7, 11) is 0. The minimum Gasteiger partial charge on any atom is -0.377 e. The summed E-state index contributed by atoms with van der Waals surface area (Å²) in [6.45, 7) is 7.32. The van der Waals surface area contributed by atoms with Gasteiger partial charge in [0.2, 0.25) is 0 Å². The van der Waals surface area contributed by atoms with Gasteiger partial charge in [0.25, 0.3) is 0 Å². The van der Waals surface area contributed by atoms with Gasteiger partial charge in [-0.1, -0.05) is 6.92 Å². The molecular formula is C13H22N2O. The first-order chi connectivity index (χ1) is 7.81. The molecule has 1 aromatic rings. The Kier molecular flexibility index (Phi) is 4.02. The lowest BCUT2D eigenvalue weighted by molar-refractivity contribution is 0.113. The molecule has 16 heavy (non-hydrogen) atoms. The highest BCUT2D eigenvalue weighted by molar-refractivity contribution is 5.07. The van der Waals surface area contributed by atoms with Gasteiger partial charge in [-0.15, -0.1) is 0 Å². The number of ether oxygens (including phenoxy) is 1. The Hall–Kier alpha value is -0.800. The third kappa shape index (κ3) is 2.66. The summed E-state index contributed by atoms with van der Waals surface area (Å²) in [5, 5.41) is 3.59. The normalized spacial score (nSPS) is 25.1. The van der Waals surface area contributed by atoms with Gasteiger partial charge in [0.15, 0.2) is 0 Å². The Morgan fingerprint density at radius 2 is 2.44 bits per heavy atom. The number of nitrogens with zero attached hydrogens (tertiary/aromatic N) is 1. The highest BCUT2D eigenvalue weighted by atomic mass is 16.5. The maximum absolute atomic E-state index is 5.54. The third-order valence-electron chi connectivity index (χ3n) is 3.31. The average molecular weight is 222 g/mol. The fraction of sp³-hybridized carbons (Fsp3) is 0.692. The summed E-state index contributed by atoms with van der Waals surface area (Å²) in [5.41, 5.74) is 1.38. The van der Waals surface area contributed by atoms with Gasteiger partial charge >= 0.3 is 0 Å². The molecule has 1 aliphatic heterocycles. The number of nitrogens with one attached hydrogen (secondary N) is 1. The Balaban J connectivity index is 1.86. The molecular weight excluding hydrogens is 200 g/mol. The van der Waals surface area contributed by atoms with Crippen molar-refractivity contribution >= 4 is 0 Å². The van der Waals surface area contributed by atoms with Crippen molar-refractivity contribution in [2.45, 2.75) is 51.9 Å². The molecule has 2 rings (SSSR count). The molecule has 1 aliphatic rings. The van der Waals surface area contributed by atoms with Crippen LogP contribution in [0.4, 0.5) is 0 Å². The largest absolute Gasteiger partial charge is 0.377 e. The van der Waals surface area contributed by atoms with E-state index in [1.54, 1.807) is 0 Å². The molecule has 0 aliphatic carbocycles. The molecule has 0 bridgehead atoms. The van der Waals surface area contributed by atoms with Crippen LogP contribution in [0.3, 0.4) is 0 Å². The first kappa shape index (κ1) is 11.7. The molecule has 3 heteroatoms. The summed E-state index contributed by atoms with van der Waals surface area (Å²) in [6.07, 6.45) is 4.84. The van der Waals surface area contributed by atoms with Crippen molar-refractivity contribution in [3.63, 3.8) is 0 Å². The Morgan fingerprint density at radius 1 is 1.56 bits per heavy atom. The molecule has 1 aromatic heterocycles. The van der Waals surface area contributed by atoms with Gasteiger partial charge in [-0.25, -0.2) is 0 Å². The van der Waals surface area contributed by atoms with E-state index in [0.717, 1.165) is 26.1 Å². The van der Waals surface area contributed by atoms with Gasteiger partial charge in [-0.2, -0.15) is 0 Å². The molecule has 0 aromatic carbocycles. The molecule has 0 amide bonds. The minimum absolute atomic E-state index is 0.356. The van der Waals surface area contributed by atoms with Crippen LogP contribution < -0.4 is 5.32 Å². The van der Waals surface area contributed by atoms with Crippen LogP contribution in [0.25, 0.3) is 0 Å². The van der Waals surface area contributed by atoms with Crippen LogP contribution in [0.5, 0.6) is 0 Å². The highest BCUT2D eigenvalue weighted by Gasteiger charge is 2.23. The fourth-order valence-electron chi connectivity index (χ4n) is 2.30. The lowest BCUT2D eigenvalue weighted by Crippen LogP contribution is -2.34. The van der Waals surface area contributed by atoms with E-state index >= 15 is 0 Å². The molecule has 0 radical (unpaired) electrons. The topological polar surface area (TPSA) is 26.2 Å². The van der Waals surface area contributed by atoms with Crippen molar-refractivity contribution in [3.05, 3.63) is 24.0 Å². The van der Waals surface area contributed by atoms with E-state index in [1.807, 2.05) is 0 Å². The average Bonchev–Trinajstić information content (AvgIpc) is 2.86. The SMILES string of the molecule is CCCn1cccc1CNC1CCOC1C. The van der Waals surface area contributed by atoms with Gasteiger partial charge < -0.3 is 14.6 Å². The zero-order valence-corrected chi connectivity index (χ0v) is 10.3. The quantitative estimate of drug-likeness (QED) is 0.826. The summed E-state index contributed by atoms with van der Waals surface area (Å²) in [5.74, 6) is 0. The second-order valence-corrected chi connectivity index (χ2v) is 4.54. The van der Waals surface area contributed by atoms with Crippen LogP contribution in [0.15, 0.2) is 18.3 Å². The number of hydrogen-bond donors (Lipinski definition) is 1. The molecule has 1 saturated heterocycles. The first-order valence-electron chi connectivity index (χ1n) is 6.30. The maximum Gasteiger partial charge on any atom is 0.0700 e. The Bertz CT molecular complexity index is 321. The zero-order chi connectivity index (χ0) is 11.4. The van der Waals surface area contributed by atoms with E-state index in [4.69, 9.17) is 4.74 Å². The van der Waals surface area contributed by atoms with Crippen molar-refractivity contribution in [1.29, 1.82) is 0 Å². The van der Waals surface area contributed by atoms with Crippen molar-refractivity contribution in [3.8, 4) is 0 Å². The molecule has 2 unspecified atom stereocenters. The molecule has 0 saturated carbocycles. The molecule has 3 nitrogen and oxygen atoms in total. The van der Waals surface area contributed by atoms with Crippen LogP contribution in [0.1, 0.15) is 32.4 Å². The number of aryl methyl sites for hydroxylation is 1. The smallest absolute Gasteiger partial charge is 0.0700 e. The van der Waals surface area contributed by atoms with Gasteiger partial charge in [0.1, 0.15) is 0 Å². The van der Waals surface area contributed by atoms with Crippen LogP contribution in [0.2, 0.25) is 0 Å². The monoisotopic (exact) mass is 222 g/mol. The number of hydrogen-bond acceptors (Lipinski definition) is 2. The highest BCUT2D eigenvalue weighted by Crippen LogP contribution is 2.13. The lowest BCUT2D eigenvalue weighted by Gasteiger charge is -2.17. The van der Waals surface area contributed by atoms with Crippen molar-refractivity contribution in [2.75, 3.05) is 6.61 Å². The molecule has 2 atom stereocenters. The minimum atomic E-state index is 0.356. The van der Waals surface area contributed by atoms with Gasteiger partial charge in [-0.05, 0) is 31.9 Å². The van der Waals surface area contributed by atoms with Crippen LogP contribution >= 0.6 is 0 Å². The molecule has 1 fully saturated rings. The van der Waals surface area contributed by atoms with Crippen LogP contribution in [-0.4, -0.2) is 23.3 Å². The van der Waals surface area contributed by atoms with Crippen molar-refractivity contribution in [1.82, 2.24) is 9.88 Å². The first-order valence-corrected chi connectivity index (χ1v) is 6.30. The van der Waals surface area contributed by atoms with Gasteiger partial charge in [0, 0.05) is 37.6 Å². The third-order valence-corrected chi connectivity index (χ3v) is 3.31. The van der Waals surface area contributed by atoms with E-state index in [1.165, 1.54) is 12.1 Å². The Labute approximate surface area is 97.8 Å². The predicted molar refractivity (Wildman–Crippen MR) is 65.4 cm³/mol. The standard InChI is InChI=1S/C13H22N2O/c1-3-7-15-8-4-5-12(15)10-14-13-6-9-16-11(13)2/h4-5,8,11,13-14H,3,6-7,9-10H2,1-2H3. The van der Waals surface area contributed by atoms with Crippen molar-refractivity contribution < 1.29 is 4.74 Å². The van der Waals surface area contributed by atoms with Crippen molar-refractivity contribution in [2.24, 2.45) is 0 Å². The second kappa shape index (κ2) is 5.51. The zero-order valence-electron chi connectivity index (χ0n) is 10.3. The van der Waals surface area contributed by atoms with E-state index in [2.05, 4.69) is 42.1 Å². The maximum atomic E-state index is 5.54. The van der Waals surface area contributed by atoms with Gasteiger partial charge in [0.05, 0.1) is 6.10 Å². The Morgan fingerprint density at radius 3 is 3.12 bits per heavy atom. The van der Waals surface area contributed by atoms with E-state index in [0.29, 0.717) is 12.1 Å². The fourth-order valence-corrected chi connectivity index (χ4v) is 2.30. The molecule has 90 valence electrons. The summed E-state index contributed by atoms with van der Waals surface area (Å²) < 4.78 is 7.87. The predicted octanol–water partition coefficient (Wildman–Crippen LogP) is 2.17. The van der Waals surface area contributed by atoms with E-state index in [-0.39, 0.29) is 0 Å². The lowest BCUT2D eigenvalue weighted by atomic mass is 10.1. The van der Waals surface area contributed by atoms with Crippen LogP contribution in [0, 0.1) is 0 Å². The summed E-state index contributed by atoms with van der Waals surface area (Å²) in [6, 6.07) is 4.84. The van der Waals surface area contributed by atoms with E-state index in [9.17, 15) is 0 Å². The second-order valence-electron chi connectivity index (χ2n) is 4.54. The number of rotatable bonds is 5. The summed E-state index contributed by atoms with van der Waals surface area (Å²) >= 11 is 0.